The monoisotopic (exact) mass is 514 g/mol. The number of hydrogen-bond donors (Lipinski definition) is 4. The van der Waals surface area contributed by atoms with E-state index in [1.165, 1.54) is 18.2 Å². The van der Waals surface area contributed by atoms with E-state index in [0.717, 1.165) is 16.7 Å². The van der Waals surface area contributed by atoms with Gasteiger partial charge in [-0.3, -0.25) is 9.59 Å². The van der Waals surface area contributed by atoms with Gasteiger partial charge in [0.15, 0.2) is 0 Å². The van der Waals surface area contributed by atoms with Crippen LogP contribution < -0.4 is 10.6 Å². The molecule has 1 heterocycles. The number of anilines is 2. The quantitative estimate of drug-likeness (QED) is 0.216. The predicted octanol–water partition coefficient (Wildman–Crippen LogP) is 5.84. The van der Waals surface area contributed by atoms with Gasteiger partial charge in [0, 0.05) is 5.39 Å². The molecule has 0 atom stereocenters. The fourth-order valence-corrected chi connectivity index (χ4v) is 4.30. The Morgan fingerprint density at radius 1 is 0.795 bits per heavy atom. The van der Waals surface area contributed by atoms with Crippen molar-refractivity contribution in [3.8, 4) is 17.2 Å². The Balaban J connectivity index is 1.31. The molecule has 8 heteroatoms. The lowest BCUT2D eigenvalue weighted by Gasteiger charge is -2.08. The zero-order chi connectivity index (χ0) is 27.4. The summed E-state index contributed by atoms with van der Waals surface area (Å²) in [5, 5.41) is 24.7. The summed E-state index contributed by atoms with van der Waals surface area (Å²) in [6, 6.07) is 30.6. The van der Waals surface area contributed by atoms with Gasteiger partial charge in [0.25, 0.3) is 5.91 Å². The van der Waals surface area contributed by atoms with Crippen LogP contribution in [0.25, 0.3) is 22.0 Å². The maximum atomic E-state index is 12.9. The number of aromatic nitrogens is 1. The van der Waals surface area contributed by atoms with Crippen molar-refractivity contribution in [3.05, 3.63) is 119 Å². The van der Waals surface area contributed by atoms with E-state index in [0.29, 0.717) is 16.6 Å². The van der Waals surface area contributed by atoms with Crippen LogP contribution in [0.1, 0.15) is 32.0 Å². The van der Waals surface area contributed by atoms with Crippen LogP contribution in [-0.2, 0) is 11.2 Å². The Morgan fingerprint density at radius 3 is 2.26 bits per heavy atom. The number of carboxylic acid groups (broad SMARTS) is 1. The third-order valence-corrected chi connectivity index (χ3v) is 6.23. The van der Waals surface area contributed by atoms with Gasteiger partial charge >= 0.3 is 5.97 Å². The number of fused-ring (bicyclic) bond motifs is 1. The second-order valence-corrected chi connectivity index (χ2v) is 8.87. The highest BCUT2D eigenvalue weighted by Gasteiger charge is 2.17. The molecule has 0 saturated carbocycles. The van der Waals surface area contributed by atoms with Gasteiger partial charge in [0.05, 0.1) is 40.5 Å². The van der Waals surface area contributed by atoms with E-state index in [2.05, 4.69) is 15.6 Å². The number of rotatable bonds is 7. The molecule has 0 aliphatic heterocycles. The smallest absolute Gasteiger partial charge is 0.337 e. The zero-order valence-electron chi connectivity index (χ0n) is 20.6. The third kappa shape index (κ3) is 5.53. The van der Waals surface area contributed by atoms with Crippen molar-refractivity contribution in [1.82, 2.24) is 4.98 Å². The van der Waals surface area contributed by atoms with E-state index in [1.54, 1.807) is 24.3 Å². The number of nitrogens with one attached hydrogen (secondary N) is 3. The average Bonchev–Trinajstić information content (AvgIpc) is 3.40. The molecule has 4 N–H and O–H groups in total. The van der Waals surface area contributed by atoms with Crippen LogP contribution in [-0.4, -0.2) is 27.9 Å². The summed E-state index contributed by atoms with van der Waals surface area (Å²) in [5.41, 5.74) is 4.34. The Labute approximate surface area is 223 Å². The molecule has 2 amide bonds. The van der Waals surface area contributed by atoms with Crippen LogP contribution in [0.3, 0.4) is 0 Å². The van der Waals surface area contributed by atoms with E-state index < -0.39 is 11.9 Å². The number of aromatic amines is 1. The third-order valence-electron chi connectivity index (χ3n) is 6.23. The SMILES string of the molecule is N#Cc1ccc(NC(=O)c2cc3cccc(NC(=O)Cc4ccc(-c5ccccc5)cc4)c3[nH]2)c(C(=O)O)c1. The molecule has 5 rings (SSSR count). The van der Waals surface area contributed by atoms with Gasteiger partial charge in [-0.05, 0) is 47.0 Å². The number of amides is 2. The fraction of sp³-hybridized carbons (Fsp3) is 0.0323. The maximum absolute atomic E-state index is 12.9. The van der Waals surface area contributed by atoms with Gasteiger partial charge in [0.1, 0.15) is 5.69 Å². The minimum absolute atomic E-state index is 0.0666. The standard InChI is InChI=1S/C31H22N4O4/c32-18-20-11-14-25(24(15-20)31(38)39)35-30(37)27-17-23-7-4-8-26(29(23)34-27)33-28(36)16-19-9-12-22(13-10-19)21-5-2-1-3-6-21/h1-15,17,34H,16H2,(H,33,36)(H,35,37)(H,38,39). The molecule has 5 aromatic rings. The normalized spacial score (nSPS) is 10.5. The average molecular weight is 515 g/mol. The van der Waals surface area contributed by atoms with Crippen molar-refractivity contribution >= 4 is 40.1 Å². The molecule has 8 nitrogen and oxygen atoms in total. The number of nitrogens with zero attached hydrogens (tertiary/aromatic N) is 1. The largest absolute Gasteiger partial charge is 0.478 e. The minimum Gasteiger partial charge on any atom is -0.478 e. The Morgan fingerprint density at radius 2 is 1.54 bits per heavy atom. The lowest BCUT2D eigenvalue weighted by atomic mass is 10.0. The highest BCUT2D eigenvalue weighted by molar-refractivity contribution is 6.10. The van der Waals surface area contributed by atoms with Crippen molar-refractivity contribution in [1.29, 1.82) is 5.26 Å². The first kappa shape index (κ1) is 25.0. The summed E-state index contributed by atoms with van der Waals surface area (Å²) in [5.74, 6) is -2.04. The highest BCUT2D eigenvalue weighted by atomic mass is 16.4. The Hall–Kier alpha value is -5.68. The van der Waals surface area contributed by atoms with Crippen molar-refractivity contribution in [2.45, 2.75) is 6.42 Å². The van der Waals surface area contributed by atoms with E-state index in [-0.39, 0.29) is 34.8 Å². The summed E-state index contributed by atoms with van der Waals surface area (Å²) in [4.78, 5) is 40.4. The van der Waals surface area contributed by atoms with Crippen LogP contribution in [0.15, 0.2) is 97.1 Å². The Bertz CT molecular complexity index is 1750. The van der Waals surface area contributed by atoms with Gasteiger partial charge in [-0.1, -0.05) is 66.7 Å². The van der Waals surface area contributed by atoms with Crippen molar-refractivity contribution < 1.29 is 19.5 Å². The van der Waals surface area contributed by atoms with Crippen LogP contribution in [0, 0.1) is 11.3 Å². The summed E-state index contributed by atoms with van der Waals surface area (Å²) in [7, 11) is 0. The molecule has 0 unspecified atom stereocenters. The summed E-state index contributed by atoms with van der Waals surface area (Å²) < 4.78 is 0. The molecule has 0 aliphatic rings. The van der Waals surface area contributed by atoms with Crippen LogP contribution in [0.4, 0.5) is 11.4 Å². The van der Waals surface area contributed by atoms with Crippen molar-refractivity contribution in [3.63, 3.8) is 0 Å². The van der Waals surface area contributed by atoms with Crippen LogP contribution in [0.5, 0.6) is 0 Å². The number of para-hydroxylation sites is 1. The van der Waals surface area contributed by atoms with Gasteiger partial charge < -0.3 is 20.7 Å². The molecule has 1 aromatic heterocycles. The number of carboxylic acids is 1. The minimum atomic E-state index is -1.27. The number of benzene rings is 4. The first-order valence-electron chi connectivity index (χ1n) is 12.1. The zero-order valence-corrected chi connectivity index (χ0v) is 20.6. The topological polar surface area (TPSA) is 135 Å². The highest BCUT2D eigenvalue weighted by Crippen LogP contribution is 2.26. The number of nitriles is 1. The molecular formula is C31H22N4O4. The molecule has 39 heavy (non-hydrogen) atoms. The second kappa shape index (κ2) is 10.7. The molecule has 190 valence electrons. The van der Waals surface area contributed by atoms with Gasteiger partial charge in [-0.25, -0.2) is 4.79 Å². The fourth-order valence-electron chi connectivity index (χ4n) is 4.30. The first-order chi connectivity index (χ1) is 18.9. The Kier molecular flexibility index (Phi) is 6.88. The van der Waals surface area contributed by atoms with Crippen LogP contribution in [0.2, 0.25) is 0 Å². The molecule has 0 radical (unpaired) electrons. The molecule has 0 bridgehead atoms. The molecule has 0 spiro atoms. The number of carbonyl (C=O) groups excluding carboxylic acids is 2. The van der Waals surface area contributed by atoms with E-state index in [1.807, 2.05) is 60.7 Å². The van der Waals surface area contributed by atoms with Crippen molar-refractivity contribution in [2.75, 3.05) is 10.6 Å². The predicted molar refractivity (Wildman–Crippen MR) is 149 cm³/mol. The number of aromatic carboxylic acids is 1. The summed E-state index contributed by atoms with van der Waals surface area (Å²) in [6.07, 6.45) is 0.177. The van der Waals surface area contributed by atoms with E-state index in [9.17, 15) is 19.5 Å². The lowest BCUT2D eigenvalue weighted by Crippen LogP contribution is -2.16. The van der Waals surface area contributed by atoms with Gasteiger partial charge in [0.2, 0.25) is 5.91 Å². The van der Waals surface area contributed by atoms with E-state index in [4.69, 9.17) is 5.26 Å². The first-order valence-corrected chi connectivity index (χ1v) is 12.1. The van der Waals surface area contributed by atoms with Gasteiger partial charge in [-0.15, -0.1) is 0 Å². The molecule has 0 aliphatic carbocycles. The summed E-state index contributed by atoms with van der Waals surface area (Å²) in [6.45, 7) is 0. The molecular weight excluding hydrogens is 492 g/mol. The number of H-pyrrole nitrogens is 1. The van der Waals surface area contributed by atoms with Crippen LogP contribution >= 0.6 is 0 Å². The van der Waals surface area contributed by atoms with E-state index >= 15 is 0 Å². The second-order valence-electron chi connectivity index (χ2n) is 8.87. The number of hydrogen-bond acceptors (Lipinski definition) is 4. The van der Waals surface area contributed by atoms with Gasteiger partial charge in [-0.2, -0.15) is 5.26 Å². The lowest BCUT2D eigenvalue weighted by molar-refractivity contribution is -0.115. The molecule has 0 saturated heterocycles. The molecule has 4 aromatic carbocycles. The maximum Gasteiger partial charge on any atom is 0.337 e. The number of carbonyl (C=O) groups is 3. The molecule has 0 fully saturated rings. The van der Waals surface area contributed by atoms with Crippen molar-refractivity contribution in [2.24, 2.45) is 0 Å². The summed E-state index contributed by atoms with van der Waals surface area (Å²) >= 11 is 0.